The first-order chi connectivity index (χ1) is 11.2. The van der Waals surface area contributed by atoms with Gasteiger partial charge in [-0.25, -0.2) is 0 Å². The number of anilines is 1. The van der Waals surface area contributed by atoms with Gasteiger partial charge in [0.05, 0.1) is 12.8 Å². The molecule has 0 fully saturated rings. The Morgan fingerprint density at radius 1 is 1.09 bits per heavy atom. The zero-order valence-corrected chi connectivity index (χ0v) is 14.3. The van der Waals surface area contributed by atoms with Crippen LogP contribution in [-0.2, 0) is 6.61 Å². The average molecular weight is 314 g/mol. The minimum absolute atomic E-state index is 0.433. The lowest BCUT2D eigenvalue weighted by Crippen LogP contribution is -2.18. The molecular formula is C19H26N2O2. The van der Waals surface area contributed by atoms with Crippen molar-refractivity contribution < 1.29 is 9.47 Å². The fourth-order valence-corrected chi connectivity index (χ4v) is 2.38. The van der Waals surface area contributed by atoms with Gasteiger partial charge in [0.25, 0.3) is 0 Å². The number of ether oxygens (including phenoxy) is 2. The van der Waals surface area contributed by atoms with Crippen molar-refractivity contribution in [1.29, 1.82) is 0 Å². The van der Waals surface area contributed by atoms with Gasteiger partial charge in [0.2, 0.25) is 0 Å². The van der Waals surface area contributed by atoms with Gasteiger partial charge in [0.1, 0.15) is 6.61 Å². The number of methoxy groups -OCH3 is 1. The third-order valence-electron chi connectivity index (χ3n) is 3.79. The lowest BCUT2D eigenvalue weighted by atomic mass is 10.2. The molecule has 1 aromatic heterocycles. The Morgan fingerprint density at radius 2 is 1.96 bits per heavy atom. The van der Waals surface area contributed by atoms with E-state index in [0.717, 1.165) is 29.4 Å². The third-order valence-corrected chi connectivity index (χ3v) is 3.79. The molecule has 2 rings (SSSR count). The van der Waals surface area contributed by atoms with Gasteiger partial charge in [-0.3, -0.25) is 4.98 Å². The Balaban J connectivity index is 2.01. The Kier molecular flexibility index (Phi) is 6.73. The molecule has 124 valence electrons. The van der Waals surface area contributed by atoms with Crippen LogP contribution in [0, 0.1) is 0 Å². The van der Waals surface area contributed by atoms with E-state index in [1.54, 1.807) is 13.3 Å². The van der Waals surface area contributed by atoms with E-state index in [4.69, 9.17) is 9.47 Å². The lowest BCUT2D eigenvalue weighted by molar-refractivity contribution is 0.281. The Labute approximate surface area is 139 Å². The highest BCUT2D eigenvalue weighted by Crippen LogP contribution is 2.32. The molecule has 0 radical (unpaired) electrons. The Morgan fingerprint density at radius 3 is 2.65 bits per heavy atom. The van der Waals surface area contributed by atoms with Gasteiger partial charge in [-0.15, -0.1) is 0 Å². The normalized spacial score (nSPS) is 10.4. The van der Waals surface area contributed by atoms with Gasteiger partial charge in [-0.1, -0.05) is 25.8 Å². The molecule has 0 amide bonds. The standard InChI is InChI=1S/C19H26N2O2/c1-4-5-8-13-21(2)17-10-11-18(19(14-17)22-3)23-15-16-9-6-7-12-20-16/h6-7,9-12,14H,4-5,8,13,15H2,1-3H3. The second-order valence-electron chi connectivity index (χ2n) is 5.57. The highest BCUT2D eigenvalue weighted by Gasteiger charge is 2.09. The van der Waals surface area contributed by atoms with Gasteiger partial charge >= 0.3 is 0 Å². The molecule has 23 heavy (non-hydrogen) atoms. The largest absolute Gasteiger partial charge is 0.493 e. The van der Waals surface area contributed by atoms with Crippen LogP contribution in [-0.4, -0.2) is 25.7 Å². The number of unbranched alkanes of at least 4 members (excludes halogenated alkanes) is 2. The van der Waals surface area contributed by atoms with Crippen molar-refractivity contribution in [3.8, 4) is 11.5 Å². The molecule has 0 aliphatic heterocycles. The van der Waals surface area contributed by atoms with Gasteiger partial charge in [0, 0.05) is 31.5 Å². The Bertz CT molecular complexity index is 587. The van der Waals surface area contributed by atoms with Crippen LogP contribution in [0.15, 0.2) is 42.6 Å². The molecule has 0 unspecified atom stereocenters. The molecule has 0 N–H and O–H groups in total. The molecule has 0 atom stereocenters. The minimum atomic E-state index is 0.433. The summed E-state index contributed by atoms with van der Waals surface area (Å²) in [5, 5.41) is 0. The van der Waals surface area contributed by atoms with E-state index in [2.05, 4.69) is 29.9 Å². The van der Waals surface area contributed by atoms with E-state index in [1.807, 2.05) is 30.3 Å². The SMILES string of the molecule is CCCCCN(C)c1ccc(OCc2ccccn2)c(OC)c1. The molecule has 0 bridgehead atoms. The van der Waals surface area contributed by atoms with Crippen LogP contribution in [0.25, 0.3) is 0 Å². The summed E-state index contributed by atoms with van der Waals surface area (Å²) in [6, 6.07) is 11.9. The van der Waals surface area contributed by atoms with Crippen molar-refractivity contribution in [3.63, 3.8) is 0 Å². The number of hydrogen-bond acceptors (Lipinski definition) is 4. The lowest BCUT2D eigenvalue weighted by Gasteiger charge is -2.21. The minimum Gasteiger partial charge on any atom is -0.493 e. The van der Waals surface area contributed by atoms with E-state index < -0.39 is 0 Å². The first kappa shape index (κ1) is 17.1. The van der Waals surface area contributed by atoms with Gasteiger partial charge < -0.3 is 14.4 Å². The maximum atomic E-state index is 5.84. The number of nitrogens with zero attached hydrogens (tertiary/aromatic N) is 2. The average Bonchev–Trinajstić information content (AvgIpc) is 2.60. The summed E-state index contributed by atoms with van der Waals surface area (Å²) in [7, 11) is 3.78. The second kappa shape index (κ2) is 9.03. The zero-order valence-electron chi connectivity index (χ0n) is 14.3. The molecule has 1 aromatic carbocycles. The smallest absolute Gasteiger partial charge is 0.162 e. The van der Waals surface area contributed by atoms with Crippen molar-refractivity contribution in [2.45, 2.75) is 32.8 Å². The predicted octanol–water partition coefficient (Wildman–Crippen LogP) is 4.30. The molecule has 4 nitrogen and oxygen atoms in total. The molecule has 2 aromatic rings. The van der Waals surface area contributed by atoms with Gasteiger partial charge in [0.15, 0.2) is 11.5 Å². The Hall–Kier alpha value is -2.23. The monoisotopic (exact) mass is 314 g/mol. The highest BCUT2D eigenvalue weighted by atomic mass is 16.5. The molecule has 0 saturated heterocycles. The topological polar surface area (TPSA) is 34.6 Å². The van der Waals surface area contributed by atoms with Crippen molar-refractivity contribution in [1.82, 2.24) is 4.98 Å². The summed E-state index contributed by atoms with van der Waals surface area (Å²) in [6.45, 7) is 3.70. The second-order valence-corrected chi connectivity index (χ2v) is 5.57. The van der Waals surface area contributed by atoms with Crippen LogP contribution in [0.1, 0.15) is 31.9 Å². The molecule has 4 heteroatoms. The summed E-state index contributed by atoms with van der Waals surface area (Å²) in [5.41, 5.74) is 2.04. The number of hydrogen-bond donors (Lipinski definition) is 0. The molecule has 0 saturated carbocycles. The summed E-state index contributed by atoms with van der Waals surface area (Å²) in [5.74, 6) is 1.49. The van der Waals surface area contributed by atoms with Crippen LogP contribution in [0.4, 0.5) is 5.69 Å². The van der Waals surface area contributed by atoms with Crippen LogP contribution in [0.5, 0.6) is 11.5 Å². The molecule has 1 heterocycles. The summed E-state index contributed by atoms with van der Waals surface area (Å²) in [4.78, 5) is 6.51. The summed E-state index contributed by atoms with van der Waals surface area (Å²) >= 11 is 0. The van der Waals surface area contributed by atoms with Gasteiger partial charge in [-0.2, -0.15) is 0 Å². The van der Waals surface area contributed by atoms with Crippen LogP contribution in [0.3, 0.4) is 0 Å². The fraction of sp³-hybridized carbons (Fsp3) is 0.421. The van der Waals surface area contributed by atoms with Crippen LogP contribution >= 0.6 is 0 Å². The number of pyridine rings is 1. The van der Waals surface area contributed by atoms with Crippen molar-refractivity contribution in [2.75, 3.05) is 25.6 Å². The molecular weight excluding hydrogens is 288 g/mol. The molecule has 0 aliphatic carbocycles. The molecule has 0 spiro atoms. The van der Waals surface area contributed by atoms with Crippen molar-refractivity contribution in [2.24, 2.45) is 0 Å². The maximum Gasteiger partial charge on any atom is 0.162 e. The maximum absolute atomic E-state index is 5.84. The van der Waals surface area contributed by atoms with Gasteiger partial charge in [-0.05, 0) is 30.7 Å². The molecule has 0 aliphatic rings. The third kappa shape index (κ3) is 5.16. The first-order valence-electron chi connectivity index (χ1n) is 8.16. The first-order valence-corrected chi connectivity index (χ1v) is 8.16. The quantitative estimate of drug-likeness (QED) is 0.647. The summed E-state index contributed by atoms with van der Waals surface area (Å²) in [6.07, 6.45) is 5.46. The van der Waals surface area contributed by atoms with Crippen LogP contribution < -0.4 is 14.4 Å². The van der Waals surface area contributed by atoms with Crippen LogP contribution in [0.2, 0.25) is 0 Å². The number of aromatic nitrogens is 1. The fourth-order valence-electron chi connectivity index (χ4n) is 2.38. The van der Waals surface area contributed by atoms with E-state index in [9.17, 15) is 0 Å². The number of rotatable bonds is 9. The van der Waals surface area contributed by atoms with E-state index in [-0.39, 0.29) is 0 Å². The summed E-state index contributed by atoms with van der Waals surface area (Å²) < 4.78 is 11.3. The highest BCUT2D eigenvalue weighted by molar-refractivity contribution is 5.56. The zero-order chi connectivity index (χ0) is 16.5. The van der Waals surface area contributed by atoms with E-state index >= 15 is 0 Å². The van der Waals surface area contributed by atoms with E-state index in [0.29, 0.717) is 6.61 Å². The predicted molar refractivity (Wildman–Crippen MR) is 94.4 cm³/mol. The van der Waals surface area contributed by atoms with E-state index in [1.165, 1.54) is 19.3 Å². The van der Waals surface area contributed by atoms with Crippen molar-refractivity contribution >= 4 is 5.69 Å². The number of benzene rings is 1. The van der Waals surface area contributed by atoms with Crippen molar-refractivity contribution in [3.05, 3.63) is 48.3 Å².